The van der Waals surface area contributed by atoms with Gasteiger partial charge in [0.15, 0.2) is 6.39 Å². The highest BCUT2D eigenvalue weighted by Crippen LogP contribution is 2.15. The summed E-state index contributed by atoms with van der Waals surface area (Å²) < 4.78 is 19.5. The highest BCUT2D eigenvalue weighted by molar-refractivity contribution is 7.84. The van der Waals surface area contributed by atoms with E-state index in [1.165, 1.54) is 6.39 Å². The van der Waals surface area contributed by atoms with Crippen LogP contribution in [0.15, 0.2) is 17.0 Å². The van der Waals surface area contributed by atoms with Gasteiger partial charge in [-0.2, -0.15) is 0 Å². The predicted molar refractivity (Wildman–Crippen MR) is 55.9 cm³/mol. The van der Waals surface area contributed by atoms with Crippen molar-refractivity contribution in [2.24, 2.45) is 0 Å². The zero-order valence-corrected chi connectivity index (χ0v) is 9.72. The van der Waals surface area contributed by atoms with Gasteiger partial charge in [0.05, 0.1) is 28.0 Å². The zero-order valence-electron chi connectivity index (χ0n) is 8.90. The molecule has 0 amide bonds. The maximum Gasteiger partial charge on any atom is 0.180 e. The fourth-order valence-electron chi connectivity index (χ4n) is 0.835. The number of hydrogen-bond acceptors (Lipinski definition) is 3. The second-order valence-electron chi connectivity index (χ2n) is 4.12. The van der Waals surface area contributed by atoms with Crippen LogP contribution in [0.25, 0.3) is 0 Å². The second-order valence-corrected chi connectivity index (χ2v) is 6.12. The first-order chi connectivity index (χ1) is 6.41. The van der Waals surface area contributed by atoms with Gasteiger partial charge >= 0.3 is 0 Å². The molecule has 0 fully saturated rings. The number of nitrogens with one attached hydrogen (secondary N) is 1. The summed E-state index contributed by atoms with van der Waals surface area (Å²) in [5.41, 5.74) is 0. The number of oxazole rings is 1. The number of aromatic nitrogens is 1. The fourth-order valence-corrected chi connectivity index (χ4v) is 1.63. The first-order valence-corrected chi connectivity index (χ1v) is 5.62. The molecule has 0 aliphatic rings. The summed E-state index contributed by atoms with van der Waals surface area (Å²) in [4.78, 5) is 3.81. The standard InChI is InChI=1S/C9H16N2O2S/c1-7(8-5-10-6-13-8)11-14(12)9(2,3)4/h5-7,11H,1-4H3/t7-,14-/m1/s1. The van der Waals surface area contributed by atoms with Gasteiger partial charge in [-0.3, -0.25) is 0 Å². The summed E-state index contributed by atoms with van der Waals surface area (Å²) in [5, 5.41) is 0. The van der Waals surface area contributed by atoms with Crippen LogP contribution >= 0.6 is 0 Å². The molecule has 0 unspecified atom stereocenters. The molecule has 14 heavy (non-hydrogen) atoms. The predicted octanol–water partition coefficient (Wildman–Crippen LogP) is 1.79. The molecule has 1 heterocycles. The van der Waals surface area contributed by atoms with Gasteiger partial charge < -0.3 is 4.42 Å². The van der Waals surface area contributed by atoms with Crippen molar-refractivity contribution in [1.82, 2.24) is 9.71 Å². The smallest absolute Gasteiger partial charge is 0.180 e. The molecule has 0 aromatic carbocycles. The van der Waals surface area contributed by atoms with Crippen molar-refractivity contribution >= 4 is 11.0 Å². The lowest BCUT2D eigenvalue weighted by Crippen LogP contribution is -2.34. The summed E-state index contributed by atoms with van der Waals surface area (Å²) >= 11 is 0. The Hall–Kier alpha value is -0.680. The zero-order chi connectivity index (χ0) is 10.8. The van der Waals surface area contributed by atoms with Crippen molar-refractivity contribution in [3.63, 3.8) is 0 Å². The molecule has 0 saturated carbocycles. The fraction of sp³-hybridized carbons (Fsp3) is 0.667. The van der Waals surface area contributed by atoms with Crippen molar-refractivity contribution in [2.45, 2.75) is 38.5 Å². The normalized spacial score (nSPS) is 16.6. The largest absolute Gasteiger partial charge is 0.447 e. The van der Waals surface area contributed by atoms with Crippen molar-refractivity contribution in [3.8, 4) is 0 Å². The molecule has 0 saturated heterocycles. The number of nitrogens with zero attached hydrogens (tertiary/aromatic N) is 1. The molecule has 1 rings (SSSR count). The average Bonchev–Trinajstić information content (AvgIpc) is 2.53. The first-order valence-electron chi connectivity index (χ1n) is 4.47. The summed E-state index contributed by atoms with van der Waals surface area (Å²) in [6.07, 6.45) is 2.99. The van der Waals surface area contributed by atoms with Crippen molar-refractivity contribution < 1.29 is 8.63 Å². The Morgan fingerprint density at radius 2 is 2.21 bits per heavy atom. The van der Waals surface area contributed by atoms with E-state index in [1.807, 2.05) is 27.7 Å². The molecule has 0 radical (unpaired) electrons. The van der Waals surface area contributed by atoms with Crippen LogP contribution in [-0.2, 0) is 11.0 Å². The third-order valence-corrected chi connectivity index (χ3v) is 3.40. The topological polar surface area (TPSA) is 55.1 Å². The van der Waals surface area contributed by atoms with Gasteiger partial charge in [0.25, 0.3) is 0 Å². The van der Waals surface area contributed by atoms with Crippen molar-refractivity contribution in [3.05, 3.63) is 18.4 Å². The van der Waals surface area contributed by atoms with Crippen molar-refractivity contribution in [2.75, 3.05) is 0 Å². The highest BCUT2D eigenvalue weighted by Gasteiger charge is 2.22. The van der Waals surface area contributed by atoms with Crippen LogP contribution in [0.3, 0.4) is 0 Å². The van der Waals surface area contributed by atoms with Gasteiger partial charge in [-0.15, -0.1) is 0 Å². The lowest BCUT2D eigenvalue weighted by atomic mass is 10.3. The summed E-state index contributed by atoms with van der Waals surface area (Å²) in [7, 11) is -1.09. The molecule has 1 N–H and O–H groups in total. The van der Waals surface area contributed by atoms with Crippen LogP contribution in [0.5, 0.6) is 0 Å². The molecule has 5 heteroatoms. The average molecular weight is 216 g/mol. The molecular weight excluding hydrogens is 200 g/mol. The van der Waals surface area contributed by atoms with E-state index in [-0.39, 0.29) is 10.8 Å². The molecule has 1 aromatic rings. The van der Waals surface area contributed by atoms with Crippen LogP contribution in [0.1, 0.15) is 39.5 Å². The maximum atomic E-state index is 11.7. The molecule has 0 spiro atoms. The molecule has 4 nitrogen and oxygen atoms in total. The van der Waals surface area contributed by atoms with Crippen molar-refractivity contribution in [1.29, 1.82) is 0 Å². The Morgan fingerprint density at radius 3 is 2.64 bits per heavy atom. The summed E-state index contributed by atoms with van der Waals surface area (Å²) in [5.74, 6) is 0.697. The monoisotopic (exact) mass is 216 g/mol. The number of rotatable bonds is 3. The van der Waals surface area contributed by atoms with E-state index in [0.717, 1.165) is 0 Å². The van der Waals surface area contributed by atoms with E-state index in [0.29, 0.717) is 5.76 Å². The van der Waals surface area contributed by atoms with E-state index in [1.54, 1.807) is 6.20 Å². The summed E-state index contributed by atoms with van der Waals surface area (Å²) in [6, 6.07) is -0.0856. The van der Waals surface area contributed by atoms with E-state index in [4.69, 9.17) is 4.42 Å². The Bertz CT molecular complexity index is 303. The molecule has 1 aromatic heterocycles. The summed E-state index contributed by atoms with van der Waals surface area (Å²) in [6.45, 7) is 7.65. The minimum atomic E-state index is -1.09. The molecule has 0 bridgehead atoms. The molecule has 80 valence electrons. The Labute approximate surface area is 86.7 Å². The second kappa shape index (κ2) is 4.23. The third-order valence-electron chi connectivity index (χ3n) is 1.72. The van der Waals surface area contributed by atoms with Crippen LogP contribution < -0.4 is 4.72 Å². The van der Waals surface area contributed by atoms with Gasteiger partial charge in [-0.1, -0.05) is 0 Å². The van der Waals surface area contributed by atoms with Gasteiger partial charge in [0.1, 0.15) is 5.76 Å². The SMILES string of the molecule is C[C@@H](N[S@](=O)C(C)(C)C)c1cnco1. The van der Waals surface area contributed by atoms with Gasteiger partial charge in [-0.05, 0) is 27.7 Å². The third kappa shape index (κ3) is 2.92. The lowest BCUT2D eigenvalue weighted by Gasteiger charge is -2.20. The Balaban J connectivity index is 2.58. The Kier molecular flexibility index (Phi) is 3.44. The van der Waals surface area contributed by atoms with E-state index >= 15 is 0 Å². The van der Waals surface area contributed by atoms with E-state index in [9.17, 15) is 4.21 Å². The van der Waals surface area contributed by atoms with Crippen LogP contribution in [0.2, 0.25) is 0 Å². The quantitative estimate of drug-likeness (QED) is 0.838. The number of hydrogen-bond donors (Lipinski definition) is 1. The minimum absolute atomic E-state index is 0.0856. The highest BCUT2D eigenvalue weighted by atomic mass is 32.2. The maximum absolute atomic E-state index is 11.7. The van der Waals surface area contributed by atoms with Crippen LogP contribution in [0, 0.1) is 0 Å². The van der Waals surface area contributed by atoms with Crippen LogP contribution in [0.4, 0.5) is 0 Å². The first kappa shape index (κ1) is 11.4. The van der Waals surface area contributed by atoms with Gasteiger partial charge in [0, 0.05) is 0 Å². The lowest BCUT2D eigenvalue weighted by molar-refractivity contribution is 0.460. The van der Waals surface area contributed by atoms with Gasteiger partial charge in [0.2, 0.25) is 0 Å². The van der Waals surface area contributed by atoms with E-state index in [2.05, 4.69) is 9.71 Å². The Morgan fingerprint density at radius 1 is 1.57 bits per heavy atom. The van der Waals surface area contributed by atoms with Crippen LogP contribution in [-0.4, -0.2) is 13.9 Å². The molecule has 2 atom stereocenters. The van der Waals surface area contributed by atoms with Gasteiger partial charge in [-0.25, -0.2) is 13.9 Å². The van der Waals surface area contributed by atoms with E-state index < -0.39 is 11.0 Å². The molecule has 0 aliphatic carbocycles. The minimum Gasteiger partial charge on any atom is -0.447 e. The molecular formula is C9H16N2O2S. The molecule has 0 aliphatic heterocycles.